The van der Waals surface area contributed by atoms with E-state index < -0.39 is 36.2 Å². The summed E-state index contributed by atoms with van der Waals surface area (Å²) in [5.41, 5.74) is 1.57. The molecule has 0 bridgehead atoms. The highest BCUT2D eigenvalue weighted by Gasteiger charge is 2.45. The third-order valence-corrected chi connectivity index (χ3v) is 7.44. The Balaban J connectivity index is 1.51. The van der Waals surface area contributed by atoms with Crippen LogP contribution >= 0.6 is 0 Å². The Morgan fingerprint density at radius 3 is 2.47 bits per heavy atom. The number of alkyl halides is 3. The lowest BCUT2D eigenvalue weighted by Gasteiger charge is -2.47. The molecule has 0 amide bonds. The fraction of sp³-hybridized carbons (Fsp3) is 0.481. The number of rotatable bonds is 8. The van der Waals surface area contributed by atoms with E-state index in [4.69, 9.17) is 0 Å². The summed E-state index contributed by atoms with van der Waals surface area (Å²) < 4.78 is 71.1. The molecule has 2 aromatic carbocycles. The highest BCUT2D eigenvalue weighted by atomic mass is 19.3. The number of nitrogens with zero attached hydrogens (tertiary/aromatic N) is 2. The molecule has 36 heavy (non-hydrogen) atoms. The Bertz CT molecular complexity index is 1210. The molecule has 4 nitrogen and oxygen atoms in total. The zero-order valence-corrected chi connectivity index (χ0v) is 20.4. The topological polar surface area (TPSA) is 34.3 Å². The Labute approximate surface area is 207 Å². The van der Waals surface area contributed by atoms with Crippen molar-refractivity contribution in [1.29, 1.82) is 0 Å². The Hall–Kier alpha value is -2.65. The van der Waals surface area contributed by atoms with E-state index in [9.17, 15) is 13.2 Å². The van der Waals surface area contributed by atoms with Crippen molar-refractivity contribution in [2.75, 3.05) is 38.2 Å². The second kappa shape index (κ2) is 9.67. The lowest BCUT2D eigenvalue weighted by molar-refractivity contribution is 0.00319. The monoisotopic (exact) mass is 506 g/mol. The van der Waals surface area contributed by atoms with E-state index in [1.807, 2.05) is 38.1 Å². The molecule has 0 spiro atoms. The van der Waals surface area contributed by atoms with Crippen LogP contribution in [0.15, 0.2) is 36.4 Å². The van der Waals surface area contributed by atoms with Gasteiger partial charge in [0.15, 0.2) is 0 Å². The van der Waals surface area contributed by atoms with Crippen LogP contribution in [0.4, 0.5) is 27.6 Å². The normalized spacial score (nSPS) is 20.6. The molecule has 194 valence electrons. The molecule has 2 aliphatic heterocycles. The number of aromatic amines is 1. The molecule has 0 saturated carbocycles. The molecular formula is C27H31F5N4. The number of nitrogens with one attached hydrogen (secondary N) is 2. The fourth-order valence-corrected chi connectivity index (χ4v) is 5.78. The second-order valence-corrected chi connectivity index (χ2v) is 10.5. The third kappa shape index (κ3) is 4.59. The van der Waals surface area contributed by atoms with Gasteiger partial charge in [0, 0.05) is 53.0 Å². The number of halogens is 5. The molecule has 0 unspecified atom stereocenters. The molecule has 0 radical (unpaired) electrons. The fourth-order valence-electron chi connectivity index (χ4n) is 5.78. The molecule has 1 fully saturated rings. The van der Waals surface area contributed by atoms with E-state index in [1.54, 1.807) is 0 Å². The first kappa shape index (κ1) is 25.0. The number of hydrogen-bond acceptors (Lipinski definition) is 3. The summed E-state index contributed by atoms with van der Waals surface area (Å²) in [6.45, 7) is 4.69. The van der Waals surface area contributed by atoms with E-state index in [0.717, 1.165) is 16.5 Å². The average Bonchev–Trinajstić information content (AvgIpc) is 3.13. The summed E-state index contributed by atoms with van der Waals surface area (Å²) >= 11 is 0. The summed E-state index contributed by atoms with van der Waals surface area (Å²) in [5, 5.41) is 4.07. The molecule has 5 rings (SSSR count). The first-order chi connectivity index (χ1) is 17.2. The van der Waals surface area contributed by atoms with Crippen LogP contribution < -0.4 is 5.32 Å². The van der Waals surface area contributed by atoms with Gasteiger partial charge in [-0.15, -0.1) is 0 Å². The molecule has 2 aliphatic rings. The number of benzene rings is 2. The predicted molar refractivity (Wildman–Crippen MR) is 131 cm³/mol. The van der Waals surface area contributed by atoms with Crippen molar-refractivity contribution in [3.63, 3.8) is 0 Å². The Kier molecular flexibility index (Phi) is 6.72. The van der Waals surface area contributed by atoms with Crippen molar-refractivity contribution < 1.29 is 22.0 Å². The maximum atomic E-state index is 15.7. The molecule has 1 aromatic heterocycles. The van der Waals surface area contributed by atoms with Crippen molar-refractivity contribution in [2.45, 2.75) is 50.7 Å². The number of hydrogen-bond donors (Lipinski definition) is 2. The summed E-state index contributed by atoms with van der Waals surface area (Å²) in [6, 6.07) is 9.05. The van der Waals surface area contributed by atoms with Gasteiger partial charge in [-0.1, -0.05) is 18.2 Å². The quantitative estimate of drug-likeness (QED) is 0.374. The minimum Gasteiger partial charge on any atom is -0.380 e. The van der Waals surface area contributed by atoms with E-state index >= 15 is 8.78 Å². The number of para-hydroxylation sites is 1. The number of aromatic nitrogens is 1. The number of anilines is 1. The standard InChI is InChI=1S/C27H31F5N4/c1-27(2)12-19-18-6-3-4-7-22(18)34-25(19)26(36(27)15-23(31)32)24-20(29)10-16(11-21(24)30)33-17-13-35(14-17)9-5-8-28/h3-4,6-7,10-11,17,23,26,33-34H,5,8-9,12-15H2,1-2H3/t26-/m0/s1. The Morgan fingerprint density at radius 1 is 1.11 bits per heavy atom. The summed E-state index contributed by atoms with van der Waals surface area (Å²) in [4.78, 5) is 6.86. The van der Waals surface area contributed by atoms with E-state index in [0.29, 0.717) is 43.9 Å². The van der Waals surface area contributed by atoms with Crippen LogP contribution in [0.25, 0.3) is 10.9 Å². The second-order valence-electron chi connectivity index (χ2n) is 10.5. The van der Waals surface area contributed by atoms with Gasteiger partial charge in [0.05, 0.1) is 25.3 Å². The van der Waals surface area contributed by atoms with Gasteiger partial charge in [0.2, 0.25) is 0 Å². The highest BCUT2D eigenvalue weighted by molar-refractivity contribution is 5.85. The van der Waals surface area contributed by atoms with Gasteiger partial charge >= 0.3 is 0 Å². The molecule has 3 heterocycles. The van der Waals surface area contributed by atoms with Crippen molar-refractivity contribution >= 4 is 16.6 Å². The zero-order chi connectivity index (χ0) is 25.6. The SMILES string of the molecule is CC1(C)Cc2c([nH]c3ccccc23)[C@H](c2c(F)cc(NC3CN(CCCF)C3)cc2F)N1CC(F)F. The van der Waals surface area contributed by atoms with E-state index in [1.165, 1.54) is 17.0 Å². The average molecular weight is 507 g/mol. The molecule has 9 heteroatoms. The molecule has 2 N–H and O–H groups in total. The predicted octanol–water partition coefficient (Wildman–Crippen LogP) is 5.89. The van der Waals surface area contributed by atoms with Crippen LogP contribution in [0.5, 0.6) is 0 Å². The van der Waals surface area contributed by atoms with Gasteiger partial charge < -0.3 is 10.3 Å². The number of likely N-dealkylation sites (tertiary alicyclic amines) is 1. The first-order valence-electron chi connectivity index (χ1n) is 12.4. The zero-order valence-electron chi connectivity index (χ0n) is 20.4. The van der Waals surface area contributed by atoms with Crippen LogP contribution in [0.1, 0.15) is 43.1 Å². The van der Waals surface area contributed by atoms with Crippen molar-refractivity contribution in [2.24, 2.45) is 0 Å². The summed E-state index contributed by atoms with van der Waals surface area (Å²) in [7, 11) is 0. The van der Waals surface area contributed by atoms with Gasteiger partial charge in [-0.3, -0.25) is 14.2 Å². The lowest BCUT2D eigenvalue weighted by Crippen LogP contribution is -2.54. The maximum absolute atomic E-state index is 15.7. The van der Waals surface area contributed by atoms with Gasteiger partial charge in [-0.25, -0.2) is 17.6 Å². The summed E-state index contributed by atoms with van der Waals surface area (Å²) in [6.07, 6.45) is -1.73. The van der Waals surface area contributed by atoms with Crippen LogP contribution in [0, 0.1) is 11.6 Å². The highest BCUT2D eigenvalue weighted by Crippen LogP contribution is 2.46. The molecule has 3 aromatic rings. The molecular weight excluding hydrogens is 475 g/mol. The van der Waals surface area contributed by atoms with Gasteiger partial charge in [-0.2, -0.15) is 0 Å². The van der Waals surface area contributed by atoms with E-state index in [-0.39, 0.29) is 18.3 Å². The molecule has 0 aliphatic carbocycles. The van der Waals surface area contributed by atoms with Crippen LogP contribution in [-0.2, 0) is 6.42 Å². The number of fused-ring (bicyclic) bond motifs is 3. The maximum Gasteiger partial charge on any atom is 0.251 e. The van der Waals surface area contributed by atoms with Crippen LogP contribution in [0.3, 0.4) is 0 Å². The molecule has 1 atom stereocenters. The van der Waals surface area contributed by atoms with Crippen molar-refractivity contribution in [3.05, 3.63) is 64.9 Å². The largest absolute Gasteiger partial charge is 0.380 e. The third-order valence-electron chi connectivity index (χ3n) is 7.44. The van der Waals surface area contributed by atoms with Gasteiger partial charge in [0.25, 0.3) is 6.43 Å². The van der Waals surface area contributed by atoms with E-state index in [2.05, 4.69) is 15.2 Å². The minimum atomic E-state index is -2.66. The van der Waals surface area contributed by atoms with Crippen molar-refractivity contribution in [1.82, 2.24) is 14.8 Å². The summed E-state index contributed by atoms with van der Waals surface area (Å²) in [5.74, 6) is -1.56. The van der Waals surface area contributed by atoms with Crippen LogP contribution in [-0.4, -0.2) is 65.6 Å². The smallest absolute Gasteiger partial charge is 0.251 e. The van der Waals surface area contributed by atoms with Crippen LogP contribution in [0.2, 0.25) is 0 Å². The number of H-pyrrole nitrogens is 1. The lowest BCUT2D eigenvalue weighted by atomic mass is 9.81. The van der Waals surface area contributed by atoms with Gasteiger partial charge in [0.1, 0.15) is 11.6 Å². The van der Waals surface area contributed by atoms with Gasteiger partial charge in [-0.05, 0) is 50.5 Å². The van der Waals surface area contributed by atoms with Crippen molar-refractivity contribution in [3.8, 4) is 0 Å². The first-order valence-corrected chi connectivity index (χ1v) is 12.4. The molecule has 1 saturated heterocycles. The minimum absolute atomic E-state index is 0.0125. The Morgan fingerprint density at radius 2 is 1.81 bits per heavy atom.